The number of fused-ring (bicyclic) bond motifs is 1. The average molecular weight is 337 g/mol. The molecule has 1 aromatic heterocycles. The van der Waals surface area contributed by atoms with Gasteiger partial charge >= 0.3 is 0 Å². The maximum atomic E-state index is 13.4. The first kappa shape index (κ1) is 16.3. The highest BCUT2D eigenvalue weighted by Crippen LogP contribution is 2.31. The molecule has 0 aliphatic carbocycles. The molecule has 1 unspecified atom stereocenters. The summed E-state index contributed by atoms with van der Waals surface area (Å²) in [5, 5.41) is 14.0. The summed E-state index contributed by atoms with van der Waals surface area (Å²) in [6.07, 6.45) is 0.918. The van der Waals surface area contributed by atoms with Crippen LogP contribution in [0.3, 0.4) is 0 Å². The number of thioether (sulfide) groups is 1. The van der Waals surface area contributed by atoms with Gasteiger partial charge in [-0.05, 0) is 56.4 Å². The zero-order valence-electron chi connectivity index (χ0n) is 13.2. The quantitative estimate of drug-likeness (QED) is 0.902. The van der Waals surface area contributed by atoms with Crippen molar-refractivity contribution in [2.75, 3.05) is 11.5 Å². The third kappa shape index (κ3) is 3.10. The molecule has 2 heterocycles. The second-order valence-electron chi connectivity index (χ2n) is 6.07. The van der Waals surface area contributed by atoms with E-state index < -0.39 is 11.6 Å². The number of nitrogens with one attached hydrogen (secondary N) is 1. The highest BCUT2D eigenvalue weighted by atomic mass is 32.2. The number of aryl methyl sites for hydroxylation is 1. The van der Waals surface area contributed by atoms with Crippen LogP contribution in [-0.2, 0) is 4.79 Å². The van der Waals surface area contributed by atoms with Crippen LogP contribution >= 0.6 is 11.8 Å². The van der Waals surface area contributed by atoms with Crippen LogP contribution in [0.5, 0.6) is 0 Å². The van der Waals surface area contributed by atoms with Gasteiger partial charge in [0.25, 0.3) is 5.91 Å². The van der Waals surface area contributed by atoms with Crippen LogP contribution in [0.1, 0.15) is 37.1 Å². The van der Waals surface area contributed by atoms with Gasteiger partial charge in [0, 0.05) is 10.9 Å². The van der Waals surface area contributed by atoms with Gasteiger partial charge in [-0.1, -0.05) is 0 Å². The van der Waals surface area contributed by atoms with Crippen LogP contribution in [0.2, 0.25) is 0 Å². The van der Waals surface area contributed by atoms with Crippen molar-refractivity contribution in [3.05, 3.63) is 35.3 Å². The molecule has 0 radical (unpaired) electrons. The molecule has 0 spiro atoms. The predicted molar refractivity (Wildman–Crippen MR) is 89.0 cm³/mol. The maximum Gasteiger partial charge on any atom is 0.252 e. The Kier molecular flexibility index (Phi) is 4.38. The van der Waals surface area contributed by atoms with Crippen molar-refractivity contribution in [3.8, 4) is 0 Å². The summed E-state index contributed by atoms with van der Waals surface area (Å²) >= 11 is 1.74. The van der Waals surface area contributed by atoms with Crippen molar-refractivity contribution in [2.24, 2.45) is 0 Å². The molecular formula is C17H20FNO3S. The number of benzene rings is 1. The molecule has 2 aromatic rings. The molecule has 1 saturated heterocycles. The highest BCUT2D eigenvalue weighted by molar-refractivity contribution is 7.99. The molecule has 1 aliphatic heterocycles. The summed E-state index contributed by atoms with van der Waals surface area (Å²) in [4.78, 5) is 12.4. The van der Waals surface area contributed by atoms with Crippen LogP contribution in [0.15, 0.2) is 22.6 Å². The largest absolute Gasteiger partial charge is 0.459 e. The first-order valence-electron chi connectivity index (χ1n) is 7.70. The van der Waals surface area contributed by atoms with E-state index in [2.05, 4.69) is 5.32 Å². The smallest absolute Gasteiger partial charge is 0.252 e. The number of halogens is 1. The second-order valence-corrected chi connectivity index (χ2v) is 7.30. The molecule has 0 saturated carbocycles. The van der Waals surface area contributed by atoms with E-state index in [1.54, 1.807) is 24.8 Å². The number of aliphatic hydroxyl groups is 1. The first-order chi connectivity index (χ1) is 10.9. The van der Waals surface area contributed by atoms with E-state index in [0.29, 0.717) is 29.6 Å². The van der Waals surface area contributed by atoms with E-state index in [4.69, 9.17) is 4.42 Å². The SMILES string of the molecule is Cc1c(C(C)NC(=O)C2(O)CCSCC2)oc2ccc(F)cc12. The van der Waals surface area contributed by atoms with Crippen molar-refractivity contribution >= 4 is 28.6 Å². The fourth-order valence-electron chi connectivity index (χ4n) is 2.96. The average Bonchev–Trinajstić information content (AvgIpc) is 2.85. The van der Waals surface area contributed by atoms with E-state index in [-0.39, 0.29) is 11.7 Å². The van der Waals surface area contributed by atoms with Crippen LogP contribution in [0.4, 0.5) is 4.39 Å². The molecule has 1 aromatic carbocycles. The van der Waals surface area contributed by atoms with Gasteiger partial charge in [0.1, 0.15) is 22.8 Å². The van der Waals surface area contributed by atoms with Gasteiger partial charge in [-0.25, -0.2) is 4.39 Å². The Morgan fingerprint density at radius 3 is 2.83 bits per heavy atom. The normalized spacial score (nSPS) is 18.8. The third-order valence-corrected chi connectivity index (χ3v) is 5.40. The number of hydrogen-bond acceptors (Lipinski definition) is 4. The molecule has 2 N–H and O–H groups in total. The predicted octanol–water partition coefficient (Wildman–Crippen LogP) is 3.32. The summed E-state index contributed by atoms with van der Waals surface area (Å²) in [7, 11) is 0. The van der Waals surface area contributed by atoms with Crippen LogP contribution in [-0.4, -0.2) is 28.1 Å². The second kappa shape index (κ2) is 6.17. The van der Waals surface area contributed by atoms with Gasteiger partial charge in [-0.3, -0.25) is 4.79 Å². The number of furan rings is 1. The molecule has 4 nitrogen and oxygen atoms in total. The van der Waals surface area contributed by atoms with Gasteiger partial charge < -0.3 is 14.8 Å². The van der Waals surface area contributed by atoms with Crippen molar-refractivity contribution in [1.29, 1.82) is 0 Å². The summed E-state index contributed by atoms with van der Waals surface area (Å²) in [5.41, 5.74) is 0.0946. The van der Waals surface area contributed by atoms with E-state index in [0.717, 1.165) is 17.1 Å². The summed E-state index contributed by atoms with van der Waals surface area (Å²) in [5.74, 6) is 1.46. The number of amides is 1. The maximum absolute atomic E-state index is 13.4. The lowest BCUT2D eigenvalue weighted by Crippen LogP contribution is -2.49. The van der Waals surface area contributed by atoms with Crippen molar-refractivity contribution in [1.82, 2.24) is 5.32 Å². The minimum absolute atomic E-state index is 0.321. The number of hydrogen-bond donors (Lipinski definition) is 2. The number of rotatable bonds is 3. The standard InChI is InChI=1S/C17H20FNO3S/c1-10-13-9-12(18)3-4-14(13)22-15(10)11(2)19-16(20)17(21)5-7-23-8-6-17/h3-4,9,11,21H,5-8H2,1-2H3,(H,19,20). The van der Waals surface area contributed by atoms with Crippen LogP contribution in [0, 0.1) is 12.7 Å². The zero-order chi connectivity index (χ0) is 16.6. The molecule has 3 rings (SSSR count). The topological polar surface area (TPSA) is 62.5 Å². The molecule has 1 aliphatic rings. The monoisotopic (exact) mass is 337 g/mol. The lowest BCUT2D eigenvalue weighted by Gasteiger charge is -2.31. The molecule has 23 heavy (non-hydrogen) atoms. The molecule has 1 fully saturated rings. The van der Waals surface area contributed by atoms with Gasteiger partial charge in [0.15, 0.2) is 0 Å². The number of carbonyl (C=O) groups excluding carboxylic acids is 1. The number of carbonyl (C=O) groups is 1. The molecule has 1 atom stereocenters. The Hall–Kier alpha value is -1.53. The van der Waals surface area contributed by atoms with Crippen molar-refractivity contribution in [2.45, 2.75) is 38.3 Å². The molecule has 6 heteroatoms. The lowest BCUT2D eigenvalue weighted by molar-refractivity contribution is -0.141. The fourth-order valence-corrected chi connectivity index (χ4v) is 4.13. The van der Waals surface area contributed by atoms with Crippen molar-refractivity contribution < 1.29 is 18.7 Å². The summed E-state index contributed by atoms with van der Waals surface area (Å²) in [6.45, 7) is 3.65. The van der Waals surface area contributed by atoms with Gasteiger partial charge in [-0.2, -0.15) is 11.8 Å². The minimum atomic E-state index is -1.30. The van der Waals surface area contributed by atoms with Gasteiger partial charge in [0.2, 0.25) is 0 Å². The van der Waals surface area contributed by atoms with Crippen LogP contribution in [0.25, 0.3) is 11.0 Å². The molecular weight excluding hydrogens is 317 g/mol. The third-order valence-electron chi connectivity index (χ3n) is 4.42. The Balaban J connectivity index is 1.81. The van der Waals surface area contributed by atoms with Crippen molar-refractivity contribution in [3.63, 3.8) is 0 Å². The molecule has 1 amide bonds. The summed E-state index contributed by atoms with van der Waals surface area (Å²) < 4.78 is 19.2. The Labute approximate surface area is 138 Å². The van der Waals surface area contributed by atoms with E-state index in [9.17, 15) is 14.3 Å². The summed E-state index contributed by atoms with van der Waals surface area (Å²) in [6, 6.07) is 3.97. The highest BCUT2D eigenvalue weighted by Gasteiger charge is 2.38. The van der Waals surface area contributed by atoms with E-state index in [1.807, 2.05) is 6.92 Å². The Morgan fingerprint density at radius 1 is 1.43 bits per heavy atom. The van der Waals surface area contributed by atoms with Gasteiger partial charge in [-0.15, -0.1) is 0 Å². The fraction of sp³-hybridized carbons (Fsp3) is 0.471. The van der Waals surface area contributed by atoms with E-state index in [1.165, 1.54) is 12.1 Å². The minimum Gasteiger partial charge on any atom is -0.459 e. The first-order valence-corrected chi connectivity index (χ1v) is 8.86. The lowest BCUT2D eigenvalue weighted by atomic mass is 9.95. The molecule has 0 bridgehead atoms. The van der Waals surface area contributed by atoms with Crippen LogP contribution < -0.4 is 5.32 Å². The Morgan fingerprint density at radius 2 is 2.13 bits per heavy atom. The van der Waals surface area contributed by atoms with Gasteiger partial charge in [0.05, 0.1) is 6.04 Å². The Bertz CT molecular complexity index is 737. The zero-order valence-corrected chi connectivity index (χ0v) is 14.0. The van der Waals surface area contributed by atoms with E-state index >= 15 is 0 Å². The molecule has 124 valence electrons.